The van der Waals surface area contributed by atoms with E-state index in [2.05, 4.69) is 26.3 Å². The van der Waals surface area contributed by atoms with Crippen LogP contribution in [0.15, 0.2) is 70.5 Å². The monoisotopic (exact) mass is 491 g/mol. The predicted octanol–water partition coefficient (Wildman–Crippen LogP) is 3.44. The molecule has 0 aliphatic rings. The molecule has 5 aromatic rings. The zero-order valence-corrected chi connectivity index (χ0v) is 20.2. The van der Waals surface area contributed by atoms with Crippen LogP contribution in [-0.2, 0) is 10.2 Å². The Bertz CT molecular complexity index is 1850. The molecule has 4 aromatic heterocycles. The first-order chi connectivity index (χ1) is 17.7. The molecule has 5 rings (SSSR count). The fourth-order valence-electron chi connectivity index (χ4n) is 4.07. The molecule has 0 fully saturated rings. The van der Waals surface area contributed by atoms with E-state index >= 15 is 0 Å². The third-order valence-corrected chi connectivity index (χ3v) is 6.07. The van der Waals surface area contributed by atoms with Crippen LogP contribution >= 0.6 is 0 Å². The summed E-state index contributed by atoms with van der Waals surface area (Å²) in [5.41, 5.74) is 1.82. The first kappa shape index (κ1) is 23.6. The van der Waals surface area contributed by atoms with E-state index in [0.717, 1.165) is 5.56 Å². The molecule has 4 heterocycles. The molecule has 0 radical (unpaired) electrons. The van der Waals surface area contributed by atoms with E-state index < -0.39 is 16.7 Å². The molecule has 0 saturated heterocycles. The average Bonchev–Trinajstić information content (AvgIpc) is 2.88. The highest BCUT2D eigenvalue weighted by atomic mass is 16.2. The molecule has 0 atom stereocenters. The summed E-state index contributed by atoms with van der Waals surface area (Å²) in [7, 11) is 0. The van der Waals surface area contributed by atoms with Crippen molar-refractivity contribution < 1.29 is 4.79 Å². The highest BCUT2D eigenvalue weighted by Gasteiger charge is 2.20. The van der Waals surface area contributed by atoms with Gasteiger partial charge in [0.2, 0.25) is 5.91 Å². The van der Waals surface area contributed by atoms with Crippen molar-refractivity contribution in [3.8, 4) is 23.0 Å². The lowest BCUT2D eigenvalue weighted by molar-refractivity contribution is -0.114. The van der Waals surface area contributed by atoms with Crippen molar-refractivity contribution in [3.05, 3.63) is 87.3 Å². The number of aromatic nitrogens is 5. The lowest BCUT2D eigenvalue weighted by Gasteiger charge is -2.17. The fraction of sp³-hybridized carbons (Fsp3) is 0.148. The van der Waals surface area contributed by atoms with Crippen molar-refractivity contribution in [2.75, 3.05) is 5.32 Å². The van der Waals surface area contributed by atoms with Gasteiger partial charge in [-0.15, -0.1) is 0 Å². The highest BCUT2D eigenvalue weighted by molar-refractivity contribution is 6.01. The molecule has 0 aliphatic heterocycles. The summed E-state index contributed by atoms with van der Waals surface area (Å²) in [4.78, 5) is 52.8. The summed E-state index contributed by atoms with van der Waals surface area (Å²) in [5.74, 6) is 0.182. The van der Waals surface area contributed by atoms with E-state index in [1.54, 1.807) is 54.7 Å². The molecule has 1 amide bonds. The number of nitriles is 1. The molecule has 182 valence electrons. The number of amides is 1. The van der Waals surface area contributed by atoms with E-state index in [1.165, 1.54) is 17.7 Å². The minimum Gasteiger partial charge on any atom is -0.311 e. The smallest absolute Gasteiger partial charge is 0.311 e. The SMILES string of the molecule is CC(=O)Nc1ccc(-c2ccc3ncc4c(=O)[nH]c(=O)n(-c5ccc(C(C)(C)C#N)cc5)c4c3n2)cn1. The first-order valence-electron chi connectivity index (χ1n) is 11.4. The molecule has 0 bridgehead atoms. The number of nitrogens with zero attached hydrogens (tertiary/aromatic N) is 5. The molecular formula is C27H21N7O3. The lowest BCUT2D eigenvalue weighted by atomic mass is 9.86. The number of hydrogen-bond donors (Lipinski definition) is 2. The van der Waals surface area contributed by atoms with Crippen LogP contribution in [0.3, 0.4) is 0 Å². The maximum atomic E-state index is 13.1. The van der Waals surface area contributed by atoms with Crippen LogP contribution in [0.4, 0.5) is 5.82 Å². The van der Waals surface area contributed by atoms with E-state index in [9.17, 15) is 19.6 Å². The minimum atomic E-state index is -0.701. The van der Waals surface area contributed by atoms with E-state index in [-0.39, 0.29) is 11.3 Å². The highest BCUT2D eigenvalue weighted by Crippen LogP contribution is 2.27. The Morgan fingerprint density at radius 1 is 1.03 bits per heavy atom. The van der Waals surface area contributed by atoms with Crippen molar-refractivity contribution in [2.45, 2.75) is 26.2 Å². The Balaban J connectivity index is 1.74. The van der Waals surface area contributed by atoms with Crippen LogP contribution in [0.1, 0.15) is 26.3 Å². The number of H-pyrrole nitrogens is 1. The summed E-state index contributed by atoms with van der Waals surface area (Å²) in [6, 6.07) is 16.2. The summed E-state index contributed by atoms with van der Waals surface area (Å²) in [6.07, 6.45) is 3.00. The normalized spacial score (nSPS) is 11.4. The van der Waals surface area contributed by atoms with Crippen LogP contribution in [-0.4, -0.2) is 30.4 Å². The van der Waals surface area contributed by atoms with Crippen LogP contribution in [0.2, 0.25) is 0 Å². The number of hydrogen-bond acceptors (Lipinski definition) is 7. The Morgan fingerprint density at radius 2 is 1.78 bits per heavy atom. The van der Waals surface area contributed by atoms with Crippen LogP contribution in [0.25, 0.3) is 38.9 Å². The Labute approximate surface area is 210 Å². The summed E-state index contributed by atoms with van der Waals surface area (Å²) < 4.78 is 1.39. The van der Waals surface area contributed by atoms with Crippen molar-refractivity contribution in [1.29, 1.82) is 5.26 Å². The predicted molar refractivity (Wildman–Crippen MR) is 139 cm³/mol. The number of rotatable bonds is 4. The van der Waals surface area contributed by atoms with Gasteiger partial charge in [0.1, 0.15) is 11.3 Å². The number of benzene rings is 1. The van der Waals surface area contributed by atoms with E-state index in [0.29, 0.717) is 39.3 Å². The van der Waals surface area contributed by atoms with Gasteiger partial charge in [0.15, 0.2) is 0 Å². The van der Waals surface area contributed by atoms with Crippen molar-refractivity contribution in [1.82, 2.24) is 24.5 Å². The molecule has 10 heteroatoms. The summed E-state index contributed by atoms with van der Waals surface area (Å²) >= 11 is 0. The van der Waals surface area contributed by atoms with Crippen LogP contribution < -0.4 is 16.6 Å². The first-order valence-corrected chi connectivity index (χ1v) is 11.4. The van der Waals surface area contributed by atoms with Gasteiger partial charge in [-0.1, -0.05) is 12.1 Å². The van der Waals surface area contributed by atoms with Gasteiger partial charge in [-0.25, -0.2) is 14.8 Å². The van der Waals surface area contributed by atoms with Crippen LogP contribution in [0.5, 0.6) is 0 Å². The molecule has 1 aromatic carbocycles. The van der Waals surface area contributed by atoms with Crippen molar-refractivity contribution in [2.24, 2.45) is 0 Å². The van der Waals surface area contributed by atoms with Gasteiger partial charge in [0.05, 0.1) is 39.3 Å². The number of nitrogens with one attached hydrogen (secondary N) is 2. The zero-order chi connectivity index (χ0) is 26.3. The standard InChI is InChI=1S/C27H21N7O3/c1-15(35)31-22-11-4-16(12-30-22)20-9-10-21-23(32-20)24-19(13-29-21)25(36)33-26(37)34(24)18-7-5-17(6-8-18)27(2,3)14-28/h4-13H,1-3H3,(H,30,31,35)(H,33,36,37). The van der Waals surface area contributed by atoms with Gasteiger partial charge in [-0.05, 0) is 55.8 Å². The largest absolute Gasteiger partial charge is 0.333 e. The Hall–Kier alpha value is -5.17. The van der Waals surface area contributed by atoms with Gasteiger partial charge in [0.25, 0.3) is 5.56 Å². The molecule has 2 N–H and O–H groups in total. The Kier molecular flexibility index (Phi) is 5.61. The second-order valence-corrected chi connectivity index (χ2v) is 9.08. The third-order valence-electron chi connectivity index (χ3n) is 6.07. The van der Waals surface area contributed by atoms with Crippen molar-refractivity contribution >= 4 is 33.7 Å². The minimum absolute atomic E-state index is 0.206. The van der Waals surface area contributed by atoms with Crippen molar-refractivity contribution in [3.63, 3.8) is 0 Å². The maximum Gasteiger partial charge on any atom is 0.333 e. The second-order valence-electron chi connectivity index (χ2n) is 9.08. The number of fused-ring (bicyclic) bond motifs is 3. The lowest BCUT2D eigenvalue weighted by Crippen LogP contribution is -2.29. The molecular weight excluding hydrogens is 470 g/mol. The fourth-order valence-corrected chi connectivity index (χ4v) is 4.07. The van der Waals surface area contributed by atoms with E-state index in [4.69, 9.17) is 4.98 Å². The van der Waals surface area contributed by atoms with Gasteiger partial charge in [0, 0.05) is 24.9 Å². The zero-order valence-electron chi connectivity index (χ0n) is 20.2. The quantitative estimate of drug-likeness (QED) is 0.366. The van der Waals surface area contributed by atoms with Gasteiger partial charge in [-0.3, -0.25) is 24.1 Å². The molecule has 0 unspecified atom stereocenters. The van der Waals surface area contributed by atoms with Crippen LogP contribution in [0, 0.1) is 11.3 Å². The molecule has 0 saturated carbocycles. The molecule has 0 spiro atoms. The second kappa shape index (κ2) is 8.80. The summed E-state index contributed by atoms with van der Waals surface area (Å²) in [5, 5.41) is 12.3. The van der Waals surface area contributed by atoms with E-state index in [1.807, 2.05) is 13.8 Å². The number of aromatic amines is 1. The topological polar surface area (TPSA) is 146 Å². The molecule has 10 nitrogen and oxygen atoms in total. The van der Waals surface area contributed by atoms with Gasteiger partial charge < -0.3 is 5.32 Å². The summed E-state index contributed by atoms with van der Waals surface area (Å²) in [6.45, 7) is 5.02. The average molecular weight is 492 g/mol. The Morgan fingerprint density at radius 3 is 2.43 bits per heavy atom. The number of carbonyl (C=O) groups excluding carboxylic acids is 1. The number of carbonyl (C=O) groups is 1. The van der Waals surface area contributed by atoms with Gasteiger partial charge >= 0.3 is 5.69 Å². The molecule has 0 aliphatic carbocycles. The number of anilines is 1. The van der Waals surface area contributed by atoms with Gasteiger partial charge in [-0.2, -0.15) is 5.26 Å². The number of pyridine rings is 3. The third kappa shape index (κ3) is 4.23. The molecule has 37 heavy (non-hydrogen) atoms. The maximum absolute atomic E-state index is 13.1.